The zero-order chi connectivity index (χ0) is 24.6. The van der Waals surface area contributed by atoms with Gasteiger partial charge in [-0.2, -0.15) is 0 Å². The van der Waals surface area contributed by atoms with Crippen LogP contribution in [0, 0.1) is 0 Å². The maximum atomic E-state index is 12.8. The molecule has 1 atom stereocenters. The summed E-state index contributed by atoms with van der Waals surface area (Å²) in [7, 11) is -0.491. The van der Waals surface area contributed by atoms with Gasteiger partial charge in [0.05, 0.1) is 11.2 Å². The largest absolute Gasteiger partial charge is 0.494 e. The predicted molar refractivity (Wildman–Crippen MR) is 127 cm³/mol. The highest BCUT2D eigenvalue weighted by molar-refractivity contribution is 6.62. The van der Waals surface area contributed by atoms with Crippen molar-refractivity contribution in [2.24, 2.45) is 0 Å². The van der Waals surface area contributed by atoms with Crippen molar-refractivity contribution in [1.29, 1.82) is 0 Å². The Morgan fingerprint density at radius 2 is 1.76 bits per heavy atom. The number of nitrogens with zero attached hydrogens (tertiary/aromatic N) is 2. The molecule has 182 valence electrons. The van der Waals surface area contributed by atoms with E-state index in [1.54, 1.807) is 9.80 Å². The zero-order valence-electron chi connectivity index (χ0n) is 21.1. The highest BCUT2D eigenvalue weighted by Gasteiger charge is 2.51. The smallest absolute Gasteiger partial charge is 0.484 e. The Morgan fingerprint density at radius 1 is 1.12 bits per heavy atom. The summed E-state index contributed by atoms with van der Waals surface area (Å²) in [6.45, 7) is 16.7. The Bertz CT molecular complexity index is 866. The molecule has 0 bridgehead atoms. The van der Waals surface area contributed by atoms with Crippen LogP contribution in [0.4, 0.5) is 4.79 Å². The highest BCUT2D eigenvalue weighted by atomic mass is 16.7. The maximum Gasteiger partial charge on any atom is 0.494 e. The molecule has 33 heavy (non-hydrogen) atoms. The minimum atomic E-state index is -0.546. The quantitative estimate of drug-likeness (QED) is 0.644. The van der Waals surface area contributed by atoms with Crippen LogP contribution in [0.15, 0.2) is 24.3 Å². The SMILES string of the molecule is CC1CN(C(=O)OC(C)(C)C)CCN1C(=O)COc1cccc(B2OC(C)(C)C(C)(C)O2)c1. The van der Waals surface area contributed by atoms with Crippen LogP contribution in [-0.2, 0) is 18.8 Å². The molecule has 2 aliphatic heterocycles. The van der Waals surface area contributed by atoms with Gasteiger partial charge in [0.15, 0.2) is 6.61 Å². The number of hydrogen-bond acceptors (Lipinski definition) is 6. The van der Waals surface area contributed by atoms with Gasteiger partial charge in [-0.15, -0.1) is 0 Å². The van der Waals surface area contributed by atoms with Crippen LogP contribution >= 0.6 is 0 Å². The van der Waals surface area contributed by atoms with Crippen molar-refractivity contribution < 1.29 is 28.4 Å². The second-order valence-electron chi connectivity index (χ2n) is 10.8. The van der Waals surface area contributed by atoms with E-state index >= 15 is 0 Å². The highest BCUT2D eigenvalue weighted by Crippen LogP contribution is 2.36. The monoisotopic (exact) mass is 460 g/mol. The average Bonchev–Trinajstić information content (AvgIpc) is 2.92. The molecule has 2 aliphatic rings. The van der Waals surface area contributed by atoms with Crippen LogP contribution in [0.5, 0.6) is 5.75 Å². The van der Waals surface area contributed by atoms with E-state index in [4.69, 9.17) is 18.8 Å². The number of rotatable bonds is 4. The molecule has 1 unspecified atom stereocenters. The Balaban J connectivity index is 1.54. The fraction of sp³-hybridized carbons (Fsp3) is 0.667. The summed E-state index contributed by atoms with van der Waals surface area (Å²) in [5.41, 5.74) is -0.558. The van der Waals surface area contributed by atoms with Gasteiger partial charge in [-0.25, -0.2) is 4.79 Å². The first-order valence-corrected chi connectivity index (χ1v) is 11.5. The first kappa shape index (κ1) is 25.4. The molecule has 0 aromatic heterocycles. The molecule has 8 nitrogen and oxygen atoms in total. The average molecular weight is 460 g/mol. The van der Waals surface area contributed by atoms with Crippen LogP contribution in [-0.4, -0.2) is 78.0 Å². The molecular formula is C24H37BN2O6. The summed E-state index contributed by atoms with van der Waals surface area (Å²) in [6, 6.07) is 7.32. The molecule has 0 spiro atoms. The number of amides is 2. The van der Waals surface area contributed by atoms with Crippen LogP contribution in [0.2, 0.25) is 0 Å². The maximum absolute atomic E-state index is 12.8. The number of carbonyl (C=O) groups is 2. The number of ether oxygens (including phenoxy) is 2. The van der Waals surface area contributed by atoms with E-state index in [0.29, 0.717) is 25.4 Å². The lowest BCUT2D eigenvalue weighted by molar-refractivity contribution is -0.137. The summed E-state index contributed by atoms with van der Waals surface area (Å²) in [5, 5.41) is 0. The Labute approximate surface area is 197 Å². The normalized spacial score (nSPS) is 22.3. The molecule has 2 fully saturated rings. The van der Waals surface area contributed by atoms with E-state index in [1.807, 2.05) is 79.7 Å². The van der Waals surface area contributed by atoms with Crippen molar-refractivity contribution >= 4 is 24.6 Å². The molecule has 0 radical (unpaired) electrons. The van der Waals surface area contributed by atoms with Gasteiger partial charge < -0.3 is 28.6 Å². The van der Waals surface area contributed by atoms with Crippen molar-refractivity contribution in [2.75, 3.05) is 26.2 Å². The van der Waals surface area contributed by atoms with Crippen molar-refractivity contribution in [2.45, 2.75) is 78.2 Å². The van der Waals surface area contributed by atoms with Gasteiger partial charge in [-0.3, -0.25) is 4.79 Å². The summed E-state index contributed by atoms with van der Waals surface area (Å²) < 4.78 is 23.5. The van der Waals surface area contributed by atoms with E-state index in [0.717, 1.165) is 5.46 Å². The van der Waals surface area contributed by atoms with Crippen molar-refractivity contribution in [3.63, 3.8) is 0 Å². The van der Waals surface area contributed by atoms with Crippen molar-refractivity contribution in [1.82, 2.24) is 9.80 Å². The van der Waals surface area contributed by atoms with Gasteiger partial charge in [0.1, 0.15) is 11.4 Å². The predicted octanol–water partition coefficient (Wildman–Crippen LogP) is 2.83. The zero-order valence-corrected chi connectivity index (χ0v) is 21.1. The minimum absolute atomic E-state index is 0.0798. The summed E-state index contributed by atoms with van der Waals surface area (Å²) in [4.78, 5) is 28.5. The molecule has 0 saturated carbocycles. The lowest BCUT2D eigenvalue weighted by Crippen LogP contribution is -2.57. The Hall–Kier alpha value is -2.26. The fourth-order valence-corrected chi connectivity index (χ4v) is 3.78. The molecule has 0 N–H and O–H groups in total. The molecule has 2 saturated heterocycles. The molecule has 2 heterocycles. The summed E-state index contributed by atoms with van der Waals surface area (Å²) in [6.07, 6.45) is -0.350. The van der Waals surface area contributed by atoms with Crippen LogP contribution in [0.1, 0.15) is 55.4 Å². The van der Waals surface area contributed by atoms with Crippen LogP contribution in [0.25, 0.3) is 0 Å². The molecule has 9 heteroatoms. The summed E-state index contributed by atoms with van der Waals surface area (Å²) in [5.74, 6) is 0.461. The van der Waals surface area contributed by atoms with E-state index in [1.165, 1.54) is 0 Å². The third-order valence-electron chi connectivity index (χ3n) is 6.35. The van der Waals surface area contributed by atoms with Gasteiger partial charge in [-0.05, 0) is 73.0 Å². The van der Waals surface area contributed by atoms with E-state index in [9.17, 15) is 9.59 Å². The second-order valence-corrected chi connectivity index (χ2v) is 10.8. The standard InChI is InChI=1S/C24H37BN2O6/c1-17-15-26(21(29)31-22(2,3)4)12-13-27(17)20(28)16-30-19-11-9-10-18(14-19)25-32-23(5,6)24(7,8)33-25/h9-11,14,17H,12-13,15-16H2,1-8H3. The van der Waals surface area contributed by atoms with Gasteiger partial charge in [0.2, 0.25) is 0 Å². The van der Waals surface area contributed by atoms with Gasteiger partial charge in [-0.1, -0.05) is 12.1 Å². The fourth-order valence-electron chi connectivity index (χ4n) is 3.78. The second kappa shape index (κ2) is 9.18. The van der Waals surface area contributed by atoms with Gasteiger partial charge in [0, 0.05) is 25.7 Å². The topological polar surface area (TPSA) is 77.5 Å². The first-order chi connectivity index (χ1) is 15.2. The third-order valence-corrected chi connectivity index (χ3v) is 6.35. The van der Waals surface area contributed by atoms with E-state index in [-0.39, 0.29) is 24.6 Å². The number of benzene rings is 1. The molecule has 0 aliphatic carbocycles. The first-order valence-electron chi connectivity index (χ1n) is 11.5. The number of carbonyl (C=O) groups excluding carboxylic acids is 2. The van der Waals surface area contributed by atoms with Crippen molar-refractivity contribution in [3.8, 4) is 5.75 Å². The van der Waals surface area contributed by atoms with Crippen LogP contribution in [0.3, 0.4) is 0 Å². The molecule has 1 aromatic rings. The number of piperazine rings is 1. The van der Waals surface area contributed by atoms with Gasteiger partial charge in [0.25, 0.3) is 5.91 Å². The molecule has 3 rings (SSSR count). The van der Waals surface area contributed by atoms with E-state index < -0.39 is 23.9 Å². The molecule has 2 amide bonds. The molecular weight excluding hydrogens is 423 g/mol. The van der Waals surface area contributed by atoms with Crippen molar-refractivity contribution in [3.05, 3.63) is 24.3 Å². The lowest BCUT2D eigenvalue weighted by Gasteiger charge is -2.40. The number of hydrogen-bond donors (Lipinski definition) is 0. The summed E-state index contributed by atoms with van der Waals surface area (Å²) >= 11 is 0. The Morgan fingerprint density at radius 3 is 2.33 bits per heavy atom. The minimum Gasteiger partial charge on any atom is -0.484 e. The Kier molecular flexibility index (Phi) is 7.06. The van der Waals surface area contributed by atoms with Gasteiger partial charge >= 0.3 is 13.2 Å². The molecule has 1 aromatic carbocycles. The van der Waals surface area contributed by atoms with E-state index in [2.05, 4.69) is 0 Å². The van der Waals surface area contributed by atoms with Crippen LogP contribution < -0.4 is 10.2 Å². The lowest BCUT2D eigenvalue weighted by atomic mass is 9.79. The third kappa shape index (κ3) is 6.01.